The topological polar surface area (TPSA) is 122 Å². The number of thioether (sulfide) groups is 1. The van der Waals surface area contributed by atoms with Crippen molar-refractivity contribution in [3.8, 4) is 5.69 Å². The number of aromatic amines is 1. The third-order valence-electron chi connectivity index (χ3n) is 3.50. The van der Waals surface area contributed by atoms with Crippen molar-refractivity contribution in [3.63, 3.8) is 0 Å². The molecule has 0 fully saturated rings. The molecule has 9 nitrogen and oxygen atoms in total. The van der Waals surface area contributed by atoms with E-state index in [2.05, 4.69) is 25.7 Å². The maximum Gasteiger partial charge on any atom is 0.321 e. The van der Waals surface area contributed by atoms with Crippen LogP contribution in [-0.2, 0) is 4.79 Å². The molecule has 0 aliphatic rings. The van der Waals surface area contributed by atoms with Crippen molar-refractivity contribution < 1.29 is 9.59 Å². The number of benzene rings is 1. The molecule has 3 aromatic rings. The molecule has 0 bridgehead atoms. The van der Waals surface area contributed by atoms with Crippen LogP contribution >= 0.6 is 11.8 Å². The van der Waals surface area contributed by atoms with Gasteiger partial charge in [-0.2, -0.15) is 5.10 Å². The minimum atomic E-state index is -0.572. The summed E-state index contributed by atoms with van der Waals surface area (Å²) in [6.07, 6.45) is 1.45. The van der Waals surface area contributed by atoms with Gasteiger partial charge in [-0.15, -0.1) is 0 Å². The van der Waals surface area contributed by atoms with Crippen LogP contribution in [0.3, 0.4) is 0 Å². The van der Waals surface area contributed by atoms with E-state index in [0.29, 0.717) is 11.0 Å². The molecule has 2 aromatic heterocycles. The number of nitrogens with zero attached hydrogens (tertiary/aromatic N) is 3. The van der Waals surface area contributed by atoms with E-state index in [9.17, 15) is 14.4 Å². The van der Waals surface area contributed by atoms with E-state index in [4.69, 9.17) is 0 Å². The second-order valence-corrected chi connectivity index (χ2v) is 8.01. The molecule has 0 aliphatic heterocycles. The first-order chi connectivity index (χ1) is 13.2. The summed E-state index contributed by atoms with van der Waals surface area (Å²) in [6, 6.07) is 8.73. The summed E-state index contributed by atoms with van der Waals surface area (Å²) in [6.45, 7) is 5.43. The molecule has 1 aromatic carbocycles. The summed E-state index contributed by atoms with van der Waals surface area (Å²) in [5, 5.41) is 9.73. The summed E-state index contributed by atoms with van der Waals surface area (Å²) < 4.78 is 1.56. The first-order valence-corrected chi connectivity index (χ1v) is 9.50. The van der Waals surface area contributed by atoms with Crippen molar-refractivity contribution >= 4 is 34.7 Å². The molecule has 0 spiro atoms. The van der Waals surface area contributed by atoms with Gasteiger partial charge >= 0.3 is 6.03 Å². The molecule has 3 amide bonds. The highest BCUT2D eigenvalue weighted by Crippen LogP contribution is 2.17. The molecule has 0 unspecified atom stereocenters. The lowest BCUT2D eigenvalue weighted by Crippen LogP contribution is -2.48. The quantitative estimate of drug-likeness (QED) is 0.454. The molecule has 0 radical (unpaired) electrons. The summed E-state index contributed by atoms with van der Waals surface area (Å²) in [5.74, 6) is -0.572. The fourth-order valence-electron chi connectivity index (χ4n) is 2.39. The van der Waals surface area contributed by atoms with Gasteiger partial charge in [-0.05, 0) is 32.9 Å². The van der Waals surface area contributed by atoms with Crippen LogP contribution in [0, 0.1) is 0 Å². The predicted octanol–water partition coefficient (Wildman–Crippen LogP) is 1.83. The number of nitrogens with one attached hydrogen (secondary N) is 3. The average Bonchev–Trinajstić information content (AvgIpc) is 3.03. The van der Waals surface area contributed by atoms with Crippen molar-refractivity contribution in [2.45, 2.75) is 31.5 Å². The normalized spacial score (nSPS) is 11.4. The van der Waals surface area contributed by atoms with Crippen LogP contribution in [0.2, 0.25) is 0 Å². The van der Waals surface area contributed by atoms with E-state index in [-0.39, 0.29) is 16.5 Å². The molecule has 3 rings (SSSR count). The molecule has 0 saturated carbocycles. The van der Waals surface area contributed by atoms with Gasteiger partial charge in [0, 0.05) is 5.54 Å². The Morgan fingerprint density at radius 3 is 2.61 bits per heavy atom. The monoisotopic (exact) mass is 400 g/mol. The van der Waals surface area contributed by atoms with Crippen molar-refractivity contribution in [2.24, 2.45) is 0 Å². The average molecular weight is 400 g/mol. The summed E-state index contributed by atoms with van der Waals surface area (Å²) in [5.41, 5.74) is 0.359. The van der Waals surface area contributed by atoms with Gasteiger partial charge in [0.25, 0.3) is 5.56 Å². The van der Waals surface area contributed by atoms with Gasteiger partial charge in [0.05, 0.1) is 17.6 Å². The fraction of sp³-hybridized carbons (Fsp3) is 0.278. The second-order valence-electron chi connectivity index (χ2n) is 7.04. The summed E-state index contributed by atoms with van der Waals surface area (Å²) in [4.78, 5) is 43.0. The number of urea groups is 1. The van der Waals surface area contributed by atoms with Crippen molar-refractivity contribution in [3.05, 3.63) is 46.9 Å². The van der Waals surface area contributed by atoms with E-state index in [1.165, 1.54) is 6.20 Å². The van der Waals surface area contributed by atoms with Crippen LogP contribution in [0.5, 0.6) is 0 Å². The summed E-state index contributed by atoms with van der Waals surface area (Å²) >= 11 is 1.02. The van der Waals surface area contributed by atoms with Crippen molar-refractivity contribution in [2.75, 3.05) is 5.75 Å². The molecule has 0 saturated heterocycles. The Morgan fingerprint density at radius 2 is 1.93 bits per heavy atom. The van der Waals surface area contributed by atoms with Gasteiger partial charge in [0.15, 0.2) is 10.8 Å². The first-order valence-electron chi connectivity index (χ1n) is 8.51. The predicted molar refractivity (Wildman–Crippen MR) is 107 cm³/mol. The lowest BCUT2D eigenvalue weighted by Gasteiger charge is -2.20. The number of carbonyl (C=O) groups is 2. The van der Waals surface area contributed by atoms with E-state index < -0.39 is 17.5 Å². The molecule has 28 heavy (non-hydrogen) atoms. The van der Waals surface area contributed by atoms with E-state index in [1.807, 2.05) is 51.1 Å². The Kier molecular flexibility index (Phi) is 5.50. The highest BCUT2D eigenvalue weighted by atomic mass is 32.2. The van der Waals surface area contributed by atoms with E-state index in [1.54, 1.807) is 4.68 Å². The number of aromatic nitrogens is 4. The van der Waals surface area contributed by atoms with Gasteiger partial charge in [-0.1, -0.05) is 30.0 Å². The van der Waals surface area contributed by atoms with Crippen LogP contribution in [-0.4, -0.2) is 43.0 Å². The number of hydrogen-bond acceptors (Lipinski definition) is 6. The largest absolute Gasteiger partial charge is 0.333 e. The number of carbonyl (C=O) groups excluding carboxylic acids is 2. The number of amides is 3. The number of hydrogen-bond donors (Lipinski definition) is 3. The maximum atomic E-state index is 12.3. The second kappa shape index (κ2) is 7.85. The van der Waals surface area contributed by atoms with E-state index >= 15 is 0 Å². The maximum absolute atomic E-state index is 12.3. The standard InChI is InChI=1S/C18H20N6O3S/c1-18(2,3)23-16(27)20-13(25)10-28-17-21-14-12(15(26)22-17)9-19-24(14)11-7-5-4-6-8-11/h4-9H,10H2,1-3H3,(H,21,22,26)(H2,20,23,25,27). The Hall–Kier alpha value is -3.14. The highest BCUT2D eigenvalue weighted by Gasteiger charge is 2.17. The van der Waals surface area contributed by atoms with Crippen LogP contribution < -0.4 is 16.2 Å². The van der Waals surface area contributed by atoms with Crippen LogP contribution in [0.25, 0.3) is 16.7 Å². The number of H-pyrrole nitrogens is 1. The van der Waals surface area contributed by atoms with Gasteiger partial charge in [0.2, 0.25) is 5.91 Å². The zero-order chi connectivity index (χ0) is 20.3. The van der Waals surface area contributed by atoms with Gasteiger partial charge in [-0.25, -0.2) is 14.5 Å². The van der Waals surface area contributed by atoms with Crippen LogP contribution in [0.4, 0.5) is 4.79 Å². The van der Waals surface area contributed by atoms with Gasteiger partial charge < -0.3 is 10.3 Å². The summed E-state index contributed by atoms with van der Waals surface area (Å²) in [7, 11) is 0. The molecule has 0 aliphatic carbocycles. The SMILES string of the molecule is CC(C)(C)NC(=O)NC(=O)CSc1nc2c(cnn2-c2ccccc2)c(=O)[nH]1. The van der Waals surface area contributed by atoms with E-state index in [0.717, 1.165) is 17.4 Å². The molecule has 3 N–H and O–H groups in total. The highest BCUT2D eigenvalue weighted by molar-refractivity contribution is 7.99. The lowest BCUT2D eigenvalue weighted by atomic mass is 10.1. The first kappa shape index (κ1) is 19.6. The number of fused-ring (bicyclic) bond motifs is 1. The minimum Gasteiger partial charge on any atom is -0.333 e. The lowest BCUT2D eigenvalue weighted by molar-refractivity contribution is -0.117. The molecular formula is C18H20N6O3S. The van der Waals surface area contributed by atoms with Crippen LogP contribution in [0.1, 0.15) is 20.8 Å². The van der Waals surface area contributed by atoms with Gasteiger partial charge in [0.1, 0.15) is 5.39 Å². The third kappa shape index (κ3) is 4.77. The van der Waals surface area contributed by atoms with Crippen molar-refractivity contribution in [1.29, 1.82) is 0 Å². The molecule has 2 heterocycles. The number of imide groups is 1. The fourth-order valence-corrected chi connectivity index (χ4v) is 3.05. The smallest absolute Gasteiger partial charge is 0.321 e. The number of rotatable bonds is 4. The molecule has 10 heteroatoms. The molecule has 0 atom stereocenters. The zero-order valence-electron chi connectivity index (χ0n) is 15.6. The Bertz CT molecular complexity index is 1070. The third-order valence-corrected chi connectivity index (χ3v) is 4.37. The zero-order valence-corrected chi connectivity index (χ0v) is 16.5. The van der Waals surface area contributed by atoms with Crippen molar-refractivity contribution in [1.82, 2.24) is 30.4 Å². The Morgan fingerprint density at radius 1 is 1.21 bits per heavy atom. The molecule has 146 valence electrons. The van der Waals surface area contributed by atoms with Crippen LogP contribution in [0.15, 0.2) is 46.5 Å². The Balaban J connectivity index is 1.74. The minimum absolute atomic E-state index is 0.0779. The Labute approximate surface area is 164 Å². The molecular weight excluding hydrogens is 380 g/mol. The number of para-hydroxylation sites is 1. The van der Waals surface area contributed by atoms with Gasteiger partial charge in [-0.3, -0.25) is 14.9 Å².